The zero-order valence-corrected chi connectivity index (χ0v) is 11.2. The van der Waals surface area contributed by atoms with Crippen molar-refractivity contribution in [1.82, 2.24) is 10.6 Å². The average Bonchev–Trinajstić information content (AvgIpc) is 2.31. The third kappa shape index (κ3) is 11.3. The van der Waals surface area contributed by atoms with E-state index in [0.29, 0.717) is 13.0 Å². The topological polar surface area (TPSA) is 87.7 Å². The van der Waals surface area contributed by atoms with Crippen molar-refractivity contribution in [2.75, 3.05) is 26.8 Å². The van der Waals surface area contributed by atoms with Crippen molar-refractivity contribution in [2.24, 2.45) is 0 Å². The molecule has 0 aliphatic heterocycles. The molecule has 0 rings (SSSR count). The molecule has 0 fully saturated rings. The Morgan fingerprint density at radius 1 is 1.22 bits per heavy atom. The van der Waals surface area contributed by atoms with Gasteiger partial charge < -0.3 is 20.5 Å². The second-order valence-corrected chi connectivity index (χ2v) is 4.21. The van der Waals surface area contributed by atoms with Gasteiger partial charge in [-0.25, -0.2) is 0 Å². The van der Waals surface area contributed by atoms with E-state index >= 15 is 0 Å². The molecule has 0 aliphatic rings. The first-order valence-electron chi connectivity index (χ1n) is 6.24. The van der Waals surface area contributed by atoms with E-state index < -0.39 is 6.10 Å². The molecule has 0 spiro atoms. The van der Waals surface area contributed by atoms with E-state index in [2.05, 4.69) is 10.6 Å². The van der Waals surface area contributed by atoms with Gasteiger partial charge in [-0.1, -0.05) is 6.42 Å². The number of hydrogen-bond donors (Lipinski definition) is 3. The van der Waals surface area contributed by atoms with Gasteiger partial charge in [-0.15, -0.1) is 0 Å². The molecular formula is C12H24N2O4. The van der Waals surface area contributed by atoms with Crippen LogP contribution in [0.1, 0.15) is 32.6 Å². The van der Waals surface area contributed by atoms with E-state index in [1.54, 1.807) is 0 Å². The van der Waals surface area contributed by atoms with E-state index in [-0.39, 0.29) is 25.0 Å². The van der Waals surface area contributed by atoms with Crippen LogP contribution in [0.4, 0.5) is 0 Å². The molecule has 0 bridgehead atoms. The highest BCUT2D eigenvalue weighted by molar-refractivity contribution is 5.75. The van der Waals surface area contributed by atoms with Crippen molar-refractivity contribution in [2.45, 2.75) is 38.7 Å². The summed E-state index contributed by atoms with van der Waals surface area (Å²) in [7, 11) is 1.50. The lowest BCUT2D eigenvalue weighted by molar-refractivity contribution is -0.122. The van der Waals surface area contributed by atoms with Gasteiger partial charge in [0.25, 0.3) is 0 Å². The number of unbranched alkanes of at least 4 members (excludes halogenated alkanes) is 2. The minimum Gasteiger partial charge on any atom is -0.389 e. The summed E-state index contributed by atoms with van der Waals surface area (Å²) in [4.78, 5) is 21.9. The Bertz CT molecular complexity index is 246. The molecule has 0 saturated heterocycles. The molecular weight excluding hydrogens is 236 g/mol. The van der Waals surface area contributed by atoms with Crippen molar-refractivity contribution < 1.29 is 19.4 Å². The fraction of sp³-hybridized carbons (Fsp3) is 0.833. The highest BCUT2D eigenvalue weighted by Crippen LogP contribution is 1.98. The molecule has 6 nitrogen and oxygen atoms in total. The minimum absolute atomic E-state index is 0.0279. The molecule has 0 heterocycles. The number of ether oxygens (including phenoxy) is 1. The SMILES string of the molecule is COCC(O)CNC(=O)CCCCCNC(C)=O. The molecule has 3 N–H and O–H groups in total. The van der Waals surface area contributed by atoms with Gasteiger partial charge in [0.2, 0.25) is 11.8 Å². The first-order valence-corrected chi connectivity index (χ1v) is 6.24. The average molecular weight is 260 g/mol. The molecule has 18 heavy (non-hydrogen) atoms. The molecule has 6 heteroatoms. The Balaban J connectivity index is 3.34. The standard InChI is InChI=1S/C12H24N2O4/c1-10(15)13-7-5-3-4-6-12(17)14-8-11(16)9-18-2/h11,16H,3-9H2,1-2H3,(H,13,15)(H,14,17). The van der Waals surface area contributed by atoms with Crippen LogP contribution in [-0.4, -0.2) is 49.8 Å². The Morgan fingerprint density at radius 3 is 2.56 bits per heavy atom. The number of carbonyl (C=O) groups excluding carboxylic acids is 2. The lowest BCUT2D eigenvalue weighted by Gasteiger charge is -2.10. The number of methoxy groups -OCH3 is 1. The van der Waals surface area contributed by atoms with Gasteiger partial charge >= 0.3 is 0 Å². The summed E-state index contributed by atoms with van der Waals surface area (Å²) in [5, 5.41) is 14.7. The molecule has 1 atom stereocenters. The predicted octanol–water partition coefficient (Wildman–Crippen LogP) is -0.194. The number of amides is 2. The van der Waals surface area contributed by atoms with Crippen molar-refractivity contribution in [1.29, 1.82) is 0 Å². The van der Waals surface area contributed by atoms with Crippen LogP contribution in [0.3, 0.4) is 0 Å². The number of rotatable bonds is 10. The fourth-order valence-corrected chi connectivity index (χ4v) is 1.42. The van der Waals surface area contributed by atoms with Gasteiger partial charge in [0.05, 0.1) is 12.7 Å². The number of aliphatic hydroxyl groups is 1. The fourth-order valence-electron chi connectivity index (χ4n) is 1.42. The summed E-state index contributed by atoms with van der Waals surface area (Å²) < 4.78 is 4.74. The predicted molar refractivity (Wildman–Crippen MR) is 68.0 cm³/mol. The van der Waals surface area contributed by atoms with E-state index in [0.717, 1.165) is 19.3 Å². The van der Waals surface area contributed by atoms with E-state index in [1.807, 2.05) is 0 Å². The van der Waals surface area contributed by atoms with Crippen LogP contribution >= 0.6 is 0 Å². The van der Waals surface area contributed by atoms with E-state index in [9.17, 15) is 14.7 Å². The first-order chi connectivity index (χ1) is 8.56. The number of carbonyl (C=O) groups is 2. The molecule has 0 saturated carbocycles. The van der Waals surface area contributed by atoms with Gasteiger partial charge in [-0.05, 0) is 12.8 Å². The van der Waals surface area contributed by atoms with Gasteiger partial charge in [0, 0.05) is 33.5 Å². The molecule has 0 radical (unpaired) electrons. The van der Waals surface area contributed by atoms with Crippen LogP contribution < -0.4 is 10.6 Å². The van der Waals surface area contributed by atoms with E-state index in [4.69, 9.17) is 4.74 Å². The molecule has 0 aromatic rings. The third-order valence-corrected chi connectivity index (χ3v) is 2.35. The van der Waals surface area contributed by atoms with Crippen molar-refractivity contribution in [3.8, 4) is 0 Å². The second kappa shape index (κ2) is 11.0. The van der Waals surface area contributed by atoms with Crippen LogP contribution in [0.2, 0.25) is 0 Å². The van der Waals surface area contributed by atoms with Gasteiger partial charge in [0.1, 0.15) is 0 Å². The van der Waals surface area contributed by atoms with Gasteiger partial charge in [-0.3, -0.25) is 9.59 Å². The monoisotopic (exact) mass is 260 g/mol. The summed E-state index contributed by atoms with van der Waals surface area (Å²) in [6, 6.07) is 0. The maximum absolute atomic E-state index is 11.4. The van der Waals surface area contributed by atoms with Crippen molar-refractivity contribution in [3.05, 3.63) is 0 Å². The maximum atomic E-state index is 11.4. The smallest absolute Gasteiger partial charge is 0.220 e. The second-order valence-electron chi connectivity index (χ2n) is 4.21. The summed E-state index contributed by atoms with van der Waals surface area (Å²) >= 11 is 0. The summed E-state index contributed by atoms with van der Waals surface area (Å²) in [5.41, 5.74) is 0. The van der Waals surface area contributed by atoms with Crippen molar-refractivity contribution >= 4 is 11.8 Å². The molecule has 0 aromatic carbocycles. The van der Waals surface area contributed by atoms with Crippen LogP contribution in [0.15, 0.2) is 0 Å². The lowest BCUT2D eigenvalue weighted by Crippen LogP contribution is -2.34. The molecule has 0 aliphatic carbocycles. The number of aliphatic hydroxyl groups excluding tert-OH is 1. The Kier molecular flexibility index (Phi) is 10.3. The molecule has 0 aromatic heterocycles. The van der Waals surface area contributed by atoms with Crippen molar-refractivity contribution in [3.63, 3.8) is 0 Å². The van der Waals surface area contributed by atoms with Crippen LogP contribution in [0.5, 0.6) is 0 Å². The Labute approximate surface area is 108 Å². The normalized spacial score (nSPS) is 11.9. The summed E-state index contributed by atoms with van der Waals surface area (Å²) in [5.74, 6) is -0.0930. The van der Waals surface area contributed by atoms with Crippen LogP contribution in [-0.2, 0) is 14.3 Å². The quantitative estimate of drug-likeness (QED) is 0.475. The molecule has 106 valence electrons. The van der Waals surface area contributed by atoms with Crippen LogP contribution in [0.25, 0.3) is 0 Å². The molecule has 1 unspecified atom stereocenters. The Morgan fingerprint density at radius 2 is 1.94 bits per heavy atom. The minimum atomic E-state index is -0.654. The summed E-state index contributed by atoms with van der Waals surface area (Å²) in [6.07, 6.45) is 2.35. The largest absolute Gasteiger partial charge is 0.389 e. The van der Waals surface area contributed by atoms with E-state index in [1.165, 1.54) is 14.0 Å². The van der Waals surface area contributed by atoms with Gasteiger partial charge in [-0.2, -0.15) is 0 Å². The number of hydrogen-bond acceptors (Lipinski definition) is 4. The first kappa shape index (κ1) is 16.9. The Hall–Kier alpha value is -1.14. The summed E-state index contributed by atoms with van der Waals surface area (Å²) in [6.45, 7) is 2.58. The number of nitrogens with one attached hydrogen (secondary N) is 2. The zero-order chi connectivity index (χ0) is 13.8. The lowest BCUT2D eigenvalue weighted by atomic mass is 10.2. The highest BCUT2D eigenvalue weighted by Gasteiger charge is 2.06. The highest BCUT2D eigenvalue weighted by atomic mass is 16.5. The maximum Gasteiger partial charge on any atom is 0.220 e. The van der Waals surface area contributed by atoms with Crippen LogP contribution in [0, 0.1) is 0 Å². The third-order valence-electron chi connectivity index (χ3n) is 2.35. The zero-order valence-electron chi connectivity index (χ0n) is 11.2. The molecule has 2 amide bonds. The van der Waals surface area contributed by atoms with Gasteiger partial charge in [0.15, 0.2) is 0 Å².